The van der Waals surface area contributed by atoms with E-state index in [2.05, 4.69) is 47.1 Å². The molecule has 0 heterocycles. The fraction of sp³-hybridized carbons (Fsp3) is 0.143. The van der Waals surface area contributed by atoms with E-state index in [4.69, 9.17) is 0 Å². The summed E-state index contributed by atoms with van der Waals surface area (Å²) in [5.74, 6) is -0.214. The first kappa shape index (κ1) is 11.3. The van der Waals surface area contributed by atoms with Crippen molar-refractivity contribution in [3.05, 3.63) is 57.8 Å². The van der Waals surface area contributed by atoms with E-state index in [-0.39, 0.29) is 5.82 Å². The summed E-state index contributed by atoms with van der Waals surface area (Å²) in [4.78, 5) is 0. The van der Waals surface area contributed by atoms with Crippen molar-refractivity contribution in [2.45, 2.75) is 13.8 Å². The van der Waals surface area contributed by atoms with Crippen LogP contribution >= 0.6 is 15.9 Å². The van der Waals surface area contributed by atoms with Crippen LogP contribution in [0.15, 0.2) is 40.9 Å². The highest BCUT2D eigenvalue weighted by molar-refractivity contribution is 9.10. The molecule has 0 fully saturated rings. The highest BCUT2D eigenvalue weighted by atomic mass is 79.9. The van der Waals surface area contributed by atoms with E-state index >= 15 is 0 Å². The second kappa shape index (κ2) is 4.38. The van der Waals surface area contributed by atoms with Crippen LogP contribution < -0.4 is 0 Å². The average Bonchev–Trinajstić information content (AvgIpc) is 2.25. The minimum absolute atomic E-state index is 0.214. The van der Waals surface area contributed by atoms with E-state index in [1.807, 2.05) is 13.0 Å². The van der Waals surface area contributed by atoms with Gasteiger partial charge in [0.25, 0.3) is 0 Å². The quantitative estimate of drug-likeness (QED) is 0.698. The lowest BCUT2D eigenvalue weighted by Crippen LogP contribution is -1.87. The molecule has 2 aromatic rings. The van der Waals surface area contributed by atoms with Crippen LogP contribution in [-0.4, -0.2) is 0 Å². The molecule has 0 amide bonds. The molecule has 82 valence electrons. The van der Waals surface area contributed by atoms with Gasteiger partial charge in [0.15, 0.2) is 0 Å². The van der Waals surface area contributed by atoms with Gasteiger partial charge >= 0.3 is 0 Å². The van der Waals surface area contributed by atoms with Crippen molar-refractivity contribution in [3.8, 4) is 11.1 Å². The molecule has 16 heavy (non-hydrogen) atoms. The standard InChI is InChI=1S/C14H12BrF/c1-9-3-5-11(6-4-9)12-8-13(15)14(16)7-10(12)2/h3-8H,1-2H3. The van der Waals surface area contributed by atoms with Crippen molar-refractivity contribution < 1.29 is 4.39 Å². The van der Waals surface area contributed by atoms with Crippen LogP contribution in [0.1, 0.15) is 11.1 Å². The number of halogens is 2. The summed E-state index contributed by atoms with van der Waals surface area (Å²) in [6, 6.07) is 11.6. The molecule has 0 atom stereocenters. The summed E-state index contributed by atoms with van der Waals surface area (Å²) in [5, 5.41) is 0. The van der Waals surface area contributed by atoms with E-state index in [0.29, 0.717) is 4.47 Å². The molecule has 0 N–H and O–H groups in total. The van der Waals surface area contributed by atoms with Gasteiger partial charge in [0.2, 0.25) is 0 Å². The van der Waals surface area contributed by atoms with Crippen LogP contribution in [-0.2, 0) is 0 Å². The van der Waals surface area contributed by atoms with Gasteiger partial charge in [-0.05, 0) is 58.6 Å². The number of hydrogen-bond acceptors (Lipinski definition) is 0. The molecule has 0 aromatic heterocycles. The van der Waals surface area contributed by atoms with Crippen LogP contribution in [0.4, 0.5) is 4.39 Å². The third-order valence-corrected chi connectivity index (χ3v) is 3.24. The minimum Gasteiger partial charge on any atom is -0.206 e. The molecular weight excluding hydrogens is 267 g/mol. The van der Waals surface area contributed by atoms with Gasteiger partial charge in [-0.1, -0.05) is 29.8 Å². The van der Waals surface area contributed by atoms with E-state index in [1.54, 1.807) is 6.07 Å². The number of benzene rings is 2. The summed E-state index contributed by atoms with van der Waals surface area (Å²) < 4.78 is 13.8. The summed E-state index contributed by atoms with van der Waals surface area (Å²) in [7, 11) is 0. The SMILES string of the molecule is Cc1ccc(-c2cc(Br)c(F)cc2C)cc1. The maximum Gasteiger partial charge on any atom is 0.137 e. The van der Waals surface area contributed by atoms with Crippen LogP contribution in [0, 0.1) is 19.7 Å². The fourth-order valence-electron chi connectivity index (χ4n) is 1.69. The zero-order valence-electron chi connectivity index (χ0n) is 9.22. The van der Waals surface area contributed by atoms with Gasteiger partial charge in [-0.3, -0.25) is 0 Å². The van der Waals surface area contributed by atoms with Crippen LogP contribution in [0.3, 0.4) is 0 Å². The van der Waals surface area contributed by atoms with Gasteiger partial charge in [0.1, 0.15) is 5.82 Å². The molecular formula is C14H12BrF. The molecule has 0 saturated heterocycles. The second-order valence-electron chi connectivity index (χ2n) is 3.95. The average molecular weight is 279 g/mol. The van der Waals surface area contributed by atoms with Crippen molar-refractivity contribution >= 4 is 15.9 Å². The Morgan fingerprint density at radius 3 is 2.25 bits per heavy atom. The summed E-state index contributed by atoms with van der Waals surface area (Å²) in [6.45, 7) is 3.97. The molecule has 2 rings (SSSR count). The first-order valence-electron chi connectivity index (χ1n) is 5.10. The van der Waals surface area contributed by atoms with Gasteiger partial charge in [-0.2, -0.15) is 0 Å². The monoisotopic (exact) mass is 278 g/mol. The largest absolute Gasteiger partial charge is 0.206 e. The molecule has 0 nitrogen and oxygen atoms in total. The van der Waals surface area contributed by atoms with E-state index < -0.39 is 0 Å². The van der Waals surface area contributed by atoms with E-state index in [0.717, 1.165) is 16.7 Å². The summed E-state index contributed by atoms with van der Waals surface area (Å²) in [5.41, 5.74) is 4.35. The molecule has 0 aliphatic rings. The first-order valence-corrected chi connectivity index (χ1v) is 5.90. The van der Waals surface area contributed by atoms with Gasteiger partial charge in [-0.15, -0.1) is 0 Å². The number of rotatable bonds is 1. The molecule has 0 aliphatic carbocycles. The summed E-state index contributed by atoms with van der Waals surface area (Å²) >= 11 is 3.22. The second-order valence-corrected chi connectivity index (χ2v) is 4.80. The highest BCUT2D eigenvalue weighted by Crippen LogP contribution is 2.28. The van der Waals surface area contributed by atoms with E-state index in [9.17, 15) is 4.39 Å². The Morgan fingerprint density at radius 2 is 1.62 bits per heavy atom. The maximum atomic E-state index is 13.3. The Bertz CT molecular complexity index is 515. The van der Waals surface area contributed by atoms with Crippen molar-refractivity contribution in [3.63, 3.8) is 0 Å². The van der Waals surface area contributed by atoms with Crippen LogP contribution in [0.25, 0.3) is 11.1 Å². The Labute approximate surface area is 103 Å². The Balaban J connectivity index is 2.56. The Kier molecular flexibility index (Phi) is 3.10. The van der Waals surface area contributed by atoms with Crippen molar-refractivity contribution in [1.82, 2.24) is 0 Å². The van der Waals surface area contributed by atoms with E-state index in [1.165, 1.54) is 5.56 Å². The topological polar surface area (TPSA) is 0 Å². The minimum atomic E-state index is -0.214. The van der Waals surface area contributed by atoms with Gasteiger partial charge in [-0.25, -0.2) is 4.39 Å². The molecule has 2 aromatic carbocycles. The molecule has 0 unspecified atom stereocenters. The highest BCUT2D eigenvalue weighted by Gasteiger charge is 2.06. The molecule has 0 bridgehead atoms. The lowest BCUT2D eigenvalue weighted by Gasteiger charge is -2.08. The number of aryl methyl sites for hydroxylation is 2. The van der Waals surface area contributed by atoms with Crippen LogP contribution in [0.5, 0.6) is 0 Å². The first-order chi connectivity index (χ1) is 7.58. The van der Waals surface area contributed by atoms with Crippen LogP contribution in [0.2, 0.25) is 0 Å². The number of hydrogen-bond donors (Lipinski definition) is 0. The van der Waals surface area contributed by atoms with Gasteiger partial charge < -0.3 is 0 Å². The normalized spacial score (nSPS) is 10.5. The van der Waals surface area contributed by atoms with Crippen molar-refractivity contribution in [2.24, 2.45) is 0 Å². The lowest BCUT2D eigenvalue weighted by molar-refractivity contribution is 0.620. The zero-order chi connectivity index (χ0) is 11.7. The predicted molar refractivity (Wildman–Crippen MR) is 69.0 cm³/mol. The Hall–Kier alpha value is -1.15. The van der Waals surface area contributed by atoms with Gasteiger partial charge in [0, 0.05) is 0 Å². The lowest BCUT2D eigenvalue weighted by atomic mass is 10.00. The molecule has 0 spiro atoms. The Morgan fingerprint density at radius 1 is 1.00 bits per heavy atom. The predicted octanol–water partition coefficient (Wildman–Crippen LogP) is 4.87. The van der Waals surface area contributed by atoms with Crippen molar-refractivity contribution in [1.29, 1.82) is 0 Å². The molecule has 2 heteroatoms. The molecule has 0 radical (unpaired) electrons. The zero-order valence-corrected chi connectivity index (χ0v) is 10.8. The smallest absolute Gasteiger partial charge is 0.137 e. The molecule has 0 saturated carbocycles. The molecule has 0 aliphatic heterocycles. The fourth-order valence-corrected chi connectivity index (χ4v) is 2.03. The van der Waals surface area contributed by atoms with Crippen molar-refractivity contribution in [2.75, 3.05) is 0 Å². The van der Waals surface area contributed by atoms with Gasteiger partial charge in [0.05, 0.1) is 4.47 Å². The summed E-state index contributed by atoms with van der Waals surface area (Å²) in [6.07, 6.45) is 0. The third-order valence-electron chi connectivity index (χ3n) is 2.63. The maximum absolute atomic E-state index is 13.3. The third kappa shape index (κ3) is 2.17.